The lowest BCUT2D eigenvalue weighted by Gasteiger charge is -2.27. The minimum Gasteiger partial charge on any atom is -0.355 e. The molecule has 0 aromatic heterocycles. The van der Waals surface area contributed by atoms with Crippen molar-refractivity contribution in [1.29, 1.82) is 0 Å². The summed E-state index contributed by atoms with van der Waals surface area (Å²) in [5.41, 5.74) is 1.26. The van der Waals surface area contributed by atoms with Gasteiger partial charge < -0.3 is 5.32 Å². The summed E-state index contributed by atoms with van der Waals surface area (Å²) in [6.07, 6.45) is 3.00. The van der Waals surface area contributed by atoms with Gasteiger partial charge in [0.1, 0.15) is 0 Å². The molecule has 1 fully saturated rings. The molecule has 92 valence electrons. The van der Waals surface area contributed by atoms with Gasteiger partial charge in [-0.2, -0.15) is 0 Å². The van der Waals surface area contributed by atoms with E-state index >= 15 is 0 Å². The summed E-state index contributed by atoms with van der Waals surface area (Å²) in [5.74, 6) is 0.144. The standard InChI is InChI=1S/C14H20N2O/c1-2-12(11-7-4-3-5-8-11)16-13-9-6-10-15-14(13)17/h3-5,7-8,12-13,16H,2,6,9-10H2,1H3,(H,15,17). The van der Waals surface area contributed by atoms with Gasteiger partial charge in [-0.25, -0.2) is 0 Å². The lowest BCUT2D eigenvalue weighted by Crippen LogP contribution is -2.49. The predicted octanol–water partition coefficient (Wildman–Crippen LogP) is 2.01. The SMILES string of the molecule is CCC(NC1CCCNC1=O)c1ccccc1. The molecule has 3 heteroatoms. The maximum atomic E-state index is 11.7. The molecular weight excluding hydrogens is 212 g/mol. The van der Waals surface area contributed by atoms with E-state index in [1.807, 2.05) is 18.2 Å². The molecule has 0 radical (unpaired) electrons. The molecule has 1 saturated heterocycles. The first-order valence-electron chi connectivity index (χ1n) is 6.40. The van der Waals surface area contributed by atoms with Gasteiger partial charge in [-0.3, -0.25) is 10.1 Å². The highest BCUT2D eigenvalue weighted by atomic mass is 16.2. The molecule has 1 aromatic rings. The Kier molecular flexibility index (Phi) is 4.15. The Morgan fingerprint density at radius 2 is 2.18 bits per heavy atom. The van der Waals surface area contributed by atoms with E-state index in [2.05, 4.69) is 29.7 Å². The molecule has 1 aromatic carbocycles. The smallest absolute Gasteiger partial charge is 0.237 e. The summed E-state index contributed by atoms with van der Waals surface area (Å²) in [6, 6.07) is 10.6. The van der Waals surface area contributed by atoms with Gasteiger partial charge in [-0.05, 0) is 24.8 Å². The van der Waals surface area contributed by atoms with Crippen molar-refractivity contribution in [3.05, 3.63) is 35.9 Å². The molecule has 1 amide bonds. The first-order chi connectivity index (χ1) is 8.31. The summed E-state index contributed by atoms with van der Waals surface area (Å²) in [5, 5.41) is 6.37. The molecule has 0 spiro atoms. The zero-order valence-electron chi connectivity index (χ0n) is 10.3. The third kappa shape index (κ3) is 3.07. The van der Waals surface area contributed by atoms with Crippen LogP contribution >= 0.6 is 0 Å². The van der Waals surface area contributed by atoms with Crippen LogP contribution in [0.25, 0.3) is 0 Å². The van der Waals surface area contributed by atoms with Crippen molar-refractivity contribution in [3.8, 4) is 0 Å². The van der Waals surface area contributed by atoms with Crippen LogP contribution in [0, 0.1) is 0 Å². The van der Waals surface area contributed by atoms with Gasteiger partial charge in [-0.1, -0.05) is 37.3 Å². The van der Waals surface area contributed by atoms with Gasteiger partial charge in [0.15, 0.2) is 0 Å². The Labute approximate surface area is 103 Å². The number of carbonyl (C=O) groups excluding carboxylic acids is 1. The van der Waals surface area contributed by atoms with Crippen LogP contribution in [-0.2, 0) is 4.79 Å². The Morgan fingerprint density at radius 3 is 2.82 bits per heavy atom. The second kappa shape index (κ2) is 5.82. The van der Waals surface area contributed by atoms with E-state index in [1.165, 1.54) is 5.56 Å². The van der Waals surface area contributed by atoms with Gasteiger partial charge in [0.25, 0.3) is 0 Å². The molecule has 0 saturated carbocycles. The molecule has 1 aliphatic rings. The van der Waals surface area contributed by atoms with Gasteiger partial charge in [-0.15, -0.1) is 0 Å². The quantitative estimate of drug-likeness (QED) is 0.833. The third-order valence-corrected chi connectivity index (χ3v) is 3.30. The molecule has 0 aliphatic carbocycles. The highest BCUT2D eigenvalue weighted by Gasteiger charge is 2.24. The summed E-state index contributed by atoms with van der Waals surface area (Å²) >= 11 is 0. The highest BCUT2D eigenvalue weighted by Crippen LogP contribution is 2.18. The lowest BCUT2D eigenvalue weighted by atomic mass is 10.0. The van der Waals surface area contributed by atoms with Gasteiger partial charge in [0.2, 0.25) is 5.91 Å². The van der Waals surface area contributed by atoms with Crippen molar-refractivity contribution in [3.63, 3.8) is 0 Å². The first kappa shape index (κ1) is 12.1. The Balaban J connectivity index is 2.02. The molecule has 1 aliphatic heterocycles. The van der Waals surface area contributed by atoms with Crippen LogP contribution in [0.4, 0.5) is 0 Å². The van der Waals surface area contributed by atoms with Crippen molar-refractivity contribution in [2.75, 3.05) is 6.54 Å². The van der Waals surface area contributed by atoms with Crippen molar-refractivity contribution in [1.82, 2.24) is 10.6 Å². The summed E-state index contributed by atoms with van der Waals surface area (Å²) in [7, 11) is 0. The van der Waals surface area contributed by atoms with Crippen LogP contribution in [0.5, 0.6) is 0 Å². The van der Waals surface area contributed by atoms with Gasteiger partial charge >= 0.3 is 0 Å². The molecular formula is C14H20N2O. The van der Waals surface area contributed by atoms with Crippen LogP contribution < -0.4 is 10.6 Å². The molecule has 2 unspecified atom stereocenters. The number of rotatable bonds is 4. The van der Waals surface area contributed by atoms with Crippen molar-refractivity contribution >= 4 is 5.91 Å². The van der Waals surface area contributed by atoms with Crippen LogP contribution in [0.2, 0.25) is 0 Å². The van der Waals surface area contributed by atoms with Crippen molar-refractivity contribution in [2.24, 2.45) is 0 Å². The second-order valence-corrected chi connectivity index (χ2v) is 4.52. The monoisotopic (exact) mass is 232 g/mol. The van der Waals surface area contributed by atoms with Crippen LogP contribution in [0.3, 0.4) is 0 Å². The lowest BCUT2D eigenvalue weighted by molar-refractivity contribution is -0.124. The summed E-state index contributed by atoms with van der Waals surface area (Å²) in [4.78, 5) is 11.7. The molecule has 2 atom stereocenters. The first-order valence-corrected chi connectivity index (χ1v) is 6.40. The highest BCUT2D eigenvalue weighted by molar-refractivity contribution is 5.82. The molecule has 17 heavy (non-hydrogen) atoms. The number of nitrogens with one attached hydrogen (secondary N) is 2. The average molecular weight is 232 g/mol. The van der Waals surface area contributed by atoms with E-state index in [-0.39, 0.29) is 18.0 Å². The average Bonchev–Trinajstić information content (AvgIpc) is 2.39. The summed E-state index contributed by atoms with van der Waals surface area (Å²) < 4.78 is 0. The molecule has 1 heterocycles. The second-order valence-electron chi connectivity index (χ2n) is 4.52. The van der Waals surface area contributed by atoms with Crippen molar-refractivity contribution < 1.29 is 4.79 Å². The number of hydrogen-bond acceptors (Lipinski definition) is 2. The van der Waals surface area contributed by atoms with E-state index in [4.69, 9.17) is 0 Å². The largest absolute Gasteiger partial charge is 0.355 e. The maximum absolute atomic E-state index is 11.7. The van der Waals surface area contributed by atoms with Crippen LogP contribution in [-0.4, -0.2) is 18.5 Å². The zero-order valence-corrected chi connectivity index (χ0v) is 10.3. The van der Waals surface area contributed by atoms with Gasteiger partial charge in [0, 0.05) is 12.6 Å². The number of piperidine rings is 1. The fraction of sp³-hybridized carbons (Fsp3) is 0.500. The number of benzene rings is 1. The fourth-order valence-electron chi connectivity index (χ4n) is 2.31. The van der Waals surface area contributed by atoms with E-state index in [9.17, 15) is 4.79 Å². The Bertz CT molecular complexity index is 364. The number of hydrogen-bond donors (Lipinski definition) is 2. The van der Waals surface area contributed by atoms with Gasteiger partial charge in [0.05, 0.1) is 6.04 Å². The van der Waals surface area contributed by atoms with Crippen LogP contribution in [0.1, 0.15) is 37.8 Å². The topological polar surface area (TPSA) is 41.1 Å². The minimum atomic E-state index is -0.0334. The van der Waals surface area contributed by atoms with E-state index in [0.29, 0.717) is 0 Å². The molecule has 0 bridgehead atoms. The van der Waals surface area contributed by atoms with Crippen molar-refractivity contribution in [2.45, 2.75) is 38.3 Å². The summed E-state index contributed by atoms with van der Waals surface area (Å²) in [6.45, 7) is 2.96. The maximum Gasteiger partial charge on any atom is 0.237 e. The van der Waals surface area contributed by atoms with Crippen LogP contribution in [0.15, 0.2) is 30.3 Å². The molecule has 2 N–H and O–H groups in total. The number of amides is 1. The van der Waals surface area contributed by atoms with E-state index in [0.717, 1.165) is 25.8 Å². The Hall–Kier alpha value is -1.35. The number of carbonyl (C=O) groups is 1. The van der Waals surface area contributed by atoms with E-state index < -0.39 is 0 Å². The predicted molar refractivity (Wildman–Crippen MR) is 68.6 cm³/mol. The fourth-order valence-corrected chi connectivity index (χ4v) is 2.31. The third-order valence-electron chi connectivity index (χ3n) is 3.30. The Morgan fingerprint density at radius 1 is 1.41 bits per heavy atom. The normalized spacial score (nSPS) is 21.9. The van der Waals surface area contributed by atoms with E-state index in [1.54, 1.807) is 0 Å². The molecule has 3 nitrogen and oxygen atoms in total. The zero-order chi connectivity index (χ0) is 12.1. The minimum absolute atomic E-state index is 0.0334. The molecule has 2 rings (SSSR count).